The summed E-state index contributed by atoms with van der Waals surface area (Å²) in [7, 11) is 0.767. The van der Waals surface area contributed by atoms with Gasteiger partial charge in [0.2, 0.25) is 0 Å². The molecular weight excluding hydrogens is 391 g/mol. The highest BCUT2D eigenvalue weighted by molar-refractivity contribution is 7.55. The lowest BCUT2D eigenvalue weighted by Gasteiger charge is -2.20. The second-order valence-corrected chi connectivity index (χ2v) is 9.67. The van der Waals surface area contributed by atoms with E-state index in [1.165, 1.54) is 54.8 Å². The summed E-state index contributed by atoms with van der Waals surface area (Å²) in [5.74, 6) is 0. The van der Waals surface area contributed by atoms with Crippen LogP contribution >= 0.6 is 8.58 Å². The average molecular weight is 414 g/mol. The van der Waals surface area contributed by atoms with Crippen LogP contribution in [0.5, 0.6) is 0 Å². The predicted octanol–water partition coefficient (Wildman–Crippen LogP) is 6.63. The highest BCUT2D eigenvalue weighted by atomic mass is 31.1. The van der Waals surface area contributed by atoms with E-state index >= 15 is 0 Å². The quantitative estimate of drug-likeness (QED) is 0.285. The van der Waals surface area contributed by atoms with Gasteiger partial charge >= 0.3 is 0 Å². The highest BCUT2D eigenvalue weighted by Gasteiger charge is 2.15. The topological polar surface area (TPSA) is 0 Å². The Bertz CT molecular complexity index is 1410. The van der Waals surface area contributed by atoms with Gasteiger partial charge in [0.25, 0.3) is 0 Å². The molecule has 1 unspecified atom stereocenters. The Morgan fingerprint density at radius 3 is 2.35 bits per heavy atom. The molecular formula is C30H23P. The van der Waals surface area contributed by atoms with E-state index in [1.807, 2.05) is 0 Å². The first-order valence-corrected chi connectivity index (χ1v) is 11.9. The third-order valence-electron chi connectivity index (χ3n) is 6.31. The van der Waals surface area contributed by atoms with Crippen molar-refractivity contribution in [1.82, 2.24) is 0 Å². The van der Waals surface area contributed by atoms with E-state index in [9.17, 15) is 0 Å². The van der Waals surface area contributed by atoms with Crippen LogP contribution in [-0.4, -0.2) is 0 Å². The molecule has 0 N–H and O–H groups in total. The van der Waals surface area contributed by atoms with Crippen LogP contribution in [0.4, 0.5) is 0 Å². The van der Waals surface area contributed by atoms with Crippen LogP contribution in [0, 0.1) is 0 Å². The Morgan fingerprint density at radius 1 is 0.581 bits per heavy atom. The van der Waals surface area contributed by atoms with E-state index < -0.39 is 0 Å². The molecule has 0 fully saturated rings. The van der Waals surface area contributed by atoms with E-state index in [1.54, 1.807) is 0 Å². The second kappa shape index (κ2) is 7.80. The smallest absolute Gasteiger partial charge is 0.00129 e. The molecule has 6 rings (SSSR count). The van der Waals surface area contributed by atoms with Crippen molar-refractivity contribution in [2.24, 2.45) is 0 Å². The summed E-state index contributed by atoms with van der Waals surface area (Å²) in [5, 5.41) is 5.66. The van der Waals surface area contributed by atoms with Crippen molar-refractivity contribution in [2.75, 3.05) is 0 Å². The minimum atomic E-state index is 0.767. The van der Waals surface area contributed by atoms with Gasteiger partial charge in [0.1, 0.15) is 0 Å². The normalized spacial score (nSPS) is 13.2. The van der Waals surface area contributed by atoms with Crippen molar-refractivity contribution in [2.45, 2.75) is 12.8 Å². The molecule has 0 saturated heterocycles. The standard InChI is InChI=1S/C30H23P/c1-3-13-28-22(8-1)10-6-12-25(28)18-21-7-5-11-23(17-21)24-15-16-30-27(19-24)20-26-9-2-4-14-29(26)31-30/h1-17,19,31H,18,20H2. The summed E-state index contributed by atoms with van der Waals surface area (Å²) < 4.78 is 0. The second-order valence-electron chi connectivity index (χ2n) is 8.35. The third-order valence-corrected chi connectivity index (χ3v) is 7.82. The van der Waals surface area contributed by atoms with E-state index in [2.05, 4.69) is 109 Å². The highest BCUT2D eigenvalue weighted by Crippen LogP contribution is 2.29. The fraction of sp³-hybridized carbons (Fsp3) is 0.0667. The van der Waals surface area contributed by atoms with Gasteiger partial charge in [-0.25, -0.2) is 0 Å². The number of rotatable bonds is 3. The van der Waals surface area contributed by atoms with Gasteiger partial charge in [-0.3, -0.25) is 0 Å². The van der Waals surface area contributed by atoms with Gasteiger partial charge in [0, 0.05) is 0 Å². The molecule has 0 amide bonds. The number of hydrogen-bond donors (Lipinski definition) is 0. The molecule has 0 aliphatic carbocycles. The Labute approximate surface area is 185 Å². The summed E-state index contributed by atoms with van der Waals surface area (Å²) >= 11 is 0. The van der Waals surface area contributed by atoms with Gasteiger partial charge in [0.15, 0.2) is 0 Å². The van der Waals surface area contributed by atoms with Crippen LogP contribution in [0.3, 0.4) is 0 Å². The first-order valence-electron chi connectivity index (χ1n) is 10.9. The van der Waals surface area contributed by atoms with E-state index in [-0.39, 0.29) is 0 Å². The zero-order valence-corrected chi connectivity index (χ0v) is 18.3. The SMILES string of the molecule is c1cc(Cc2cccc3ccccc23)cc(-c2ccc3c(c2)Cc2ccccc2P3)c1. The number of hydrogen-bond acceptors (Lipinski definition) is 0. The molecule has 0 spiro atoms. The van der Waals surface area contributed by atoms with Crippen LogP contribution in [0.1, 0.15) is 22.3 Å². The molecule has 1 atom stereocenters. The monoisotopic (exact) mass is 414 g/mol. The summed E-state index contributed by atoms with van der Waals surface area (Å²) in [6.07, 6.45) is 2.00. The van der Waals surface area contributed by atoms with Crippen molar-refractivity contribution in [3.63, 3.8) is 0 Å². The number of benzene rings is 5. The molecule has 31 heavy (non-hydrogen) atoms. The summed E-state index contributed by atoms with van der Waals surface area (Å²) in [4.78, 5) is 0. The third kappa shape index (κ3) is 3.58. The van der Waals surface area contributed by atoms with Gasteiger partial charge < -0.3 is 0 Å². The fourth-order valence-corrected chi connectivity index (χ4v) is 6.01. The molecule has 0 radical (unpaired) electrons. The van der Waals surface area contributed by atoms with Gasteiger partial charge in [-0.1, -0.05) is 118 Å². The van der Waals surface area contributed by atoms with Crippen molar-refractivity contribution in [3.05, 3.63) is 131 Å². The average Bonchev–Trinajstić information content (AvgIpc) is 2.83. The fourth-order valence-electron chi connectivity index (χ4n) is 4.72. The van der Waals surface area contributed by atoms with Gasteiger partial charge in [-0.05, 0) is 67.6 Å². The molecule has 0 saturated carbocycles. The molecule has 0 bridgehead atoms. The molecule has 0 nitrogen and oxygen atoms in total. The number of fused-ring (bicyclic) bond motifs is 3. The van der Waals surface area contributed by atoms with Crippen LogP contribution in [0.15, 0.2) is 109 Å². The van der Waals surface area contributed by atoms with Crippen LogP contribution < -0.4 is 10.6 Å². The minimum Gasteiger partial charge on any atom is -0.0619 e. The van der Waals surface area contributed by atoms with Crippen molar-refractivity contribution in [3.8, 4) is 11.1 Å². The largest absolute Gasteiger partial charge is 0.0619 e. The van der Waals surface area contributed by atoms with E-state index in [0.717, 1.165) is 21.4 Å². The Kier molecular flexibility index (Phi) is 4.67. The molecule has 5 aromatic carbocycles. The predicted molar refractivity (Wildman–Crippen MR) is 135 cm³/mol. The van der Waals surface area contributed by atoms with Gasteiger partial charge in [-0.2, -0.15) is 0 Å². The van der Waals surface area contributed by atoms with Crippen molar-refractivity contribution in [1.29, 1.82) is 0 Å². The first-order chi connectivity index (χ1) is 15.3. The maximum absolute atomic E-state index is 2.41. The van der Waals surface area contributed by atoms with Crippen molar-refractivity contribution < 1.29 is 0 Å². The molecule has 1 heterocycles. The van der Waals surface area contributed by atoms with Crippen LogP contribution in [0.2, 0.25) is 0 Å². The lowest BCUT2D eigenvalue weighted by Crippen LogP contribution is -2.19. The van der Waals surface area contributed by atoms with Gasteiger partial charge in [-0.15, -0.1) is 0 Å². The Hall–Kier alpha value is -3.21. The molecule has 5 aromatic rings. The maximum atomic E-state index is 2.41. The Balaban J connectivity index is 1.33. The summed E-state index contributed by atoms with van der Waals surface area (Å²) in [6, 6.07) is 40.3. The zero-order valence-electron chi connectivity index (χ0n) is 17.3. The Morgan fingerprint density at radius 2 is 1.35 bits per heavy atom. The molecule has 1 aliphatic heterocycles. The summed E-state index contributed by atoms with van der Waals surface area (Å²) in [6.45, 7) is 0. The zero-order chi connectivity index (χ0) is 20.6. The van der Waals surface area contributed by atoms with Gasteiger partial charge in [0.05, 0.1) is 0 Å². The van der Waals surface area contributed by atoms with Crippen LogP contribution in [0.25, 0.3) is 21.9 Å². The first kappa shape index (κ1) is 18.6. The van der Waals surface area contributed by atoms with E-state index in [0.29, 0.717) is 0 Å². The molecule has 0 aromatic heterocycles. The minimum absolute atomic E-state index is 0.767. The summed E-state index contributed by atoms with van der Waals surface area (Å²) in [5.41, 5.74) is 8.34. The maximum Gasteiger partial charge on any atom is -0.00129 e. The lowest BCUT2D eigenvalue weighted by molar-refractivity contribution is 1.21. The molecule has 148 valence electrons. The van der Waals surface area contributed by atoms with Crippen molar-refractivity contribution >= 4 is 30.0 Å². The molecule has 1 heteroatoms. The lowest BCUT2D eigenvalue weighted by atomic mass is 9.94. The van der Waals surface area contributed by atoms with E-state index in [4.69, 9.17) is 0 Å². The molecule has 1 aliphatic rings. The van der Waals surface area contributed by atoms with Crippen LogP contribution in [-0.2, 0) is 12.8 Å².